The molecule has 3 unspecified atom stereocenters. The Morgan fingerprint density at radius 2 is 2.12 bits per heavy atom. The van der Waals surface area contributed by atoms with E-state index in [0.717, 1.165) is 32.4 Å². The molecule has 1 amide bonds. The average Bonchev–Trinajstić information content (AvgIpc) is 2.27. The van der Waals surface area contributed by atoms with Crippen molar-refractivity contribution in [3.05, 3.63) is 0 Å². The minimum Gasteiger partial charge on any atom is -0.342 e. The van der Waals surface area contributed by atoms with Gasteiger partial charge in [0.25, 0.3) is 0 Å². The zero-order valence-corrected chi connectivity index (χ0v) is 11.6. The zero-order valence-electron chi connectivity index (χ0n) is 11.6. The molecule has 0 radical (unpaired) electrons. The molecule has 1 aliphatic heterocycles. The Bertz CT molecular complexity index is 240. The van der Waals surface area contributed by atoms with Gasteiger partial charge in [-0.15, -0.1) is 0 Å². The number of carbonyl (C=O) groups is 1. The molecule has 100 valence electrons. The summed E-state index contributed by atoms with van der Waals surface area (Å²) in [4.78, 5) is 14.3. The van der Waals surface area contributed by atoms with Gasteiger partial charge < -0.3 is 10.6 Å². The highest BCUT2D eigenvalue weighted by atomic mass is 16.2. The first kappa shape index (κ1) is 14.5. The highest BCUT2D eigenvalue weighted by Gasteiger charge is 2.24. The van der Waals surface area contributed by atoms with Crippen molar-refractivity contribution in [3.8, 4) is 0 Å². The van der Waals surface area contributed by atoms with Gasteiger partial charge in [0.05, 0.1) is 0 Å². The van der Waals surface area contributed by atoms with Gasteiger partial charge in [-0.3, -0.25) is 4.79 Å². The molecule has 3 nitrogen and oxygen atoms in total. The van der Waals surface area contributed by atoms with Crippen molar-refractivity contribution >= 4 is 5.91 Å². The fourth-order valence-corrected chi connectivity index (χ4v) is 2.57. The quantitative estimate of drug-likeness (QED) is 0.802. The maximum Gasteiger partial charge on any atom is 0.225 e. The minimum absolute atomic E-state index is 0.166. The number of amides is 1. The van der Waals surface area contributed by atoms with Crippen molar-refractivity contribution < 1.29 is 4.79 Å². The molecule has 0 spiro atoms. The summed E-state index contributed by atoms with van der Waals surface area (Å²) in [5.74, 6) is 1.18. The first-order valence-electron chi connectivity index (χ1n) is 7.05. The Hall–Kier alpha value is -0.570. The van der Waals surface area contributed by atoms with E-state index in [1.54, 1.807) is 0 Å². The maximum absolute atomic E-state index is 12.2. The Morgan fingerprint density at radius 1 is 1.41 bits per heavy atom. The Morgan fingerprint density at radius 3 is 2.71 bits per heavy atom. The minimum atomic E-state index is 0.166. The fourth-order valence-electron chi connectivity index (χ4n) is 2.57. The van der Waals surface area contributed by atoms with Crippen molar-refractivity contribution in [2.24, 2.45) is 17.6 Å². The molecule has 0 aromatic carbocycles. The van der Waals surface area contributed by atoms with Crippen molar-refractivity contribution in [3.63, 3.8) is 0 Å². The average molecular weight is 240 g/mol. The number of carbonyl (C=O) groups excluding carboxylic acids is 1. The monoisotopic (exact) mass is 240 g/mol. The summed E-state index contributed by atoms with van der Waals surface area (Å²) in [5.41, 5.74) is 5.72. The molecule has 0 bridgehead atoms. The van der Waals surface area contributed by atoms with Gasteiger partial charge in [0.15, 0.2) is 0 Å². The molecule has 2 N–H and O–H groups in total. The zero-order chi connectivity index (χ0) is 12.8. The van der Waals surface area contributed by atoms with Gasteiger partial charge in [-0.05, 0) is 38.5 Å². The van der Waals surface area contributed by atoms with E-state index in [1.807, 2.05) is 6.92 Å². The molecule has 1 saturated heterocycles. The molecule has 0 aliphatic carbocycles. The molecule has 3 atom stereocenters. The number of hydrogen-bond donors (Lipinski definition) is 1. The van der Waals surface area contributed by atoms with E-state index in [0.29, 0.717) is 11.8 Å². The summed E-state index contributed by atoms with van der Waals surface area (Å²) in [6.45, 7) is 8.24. The van der Waals surface area contributed by atoms with Crippen LogP contribution in [0.15, 0.2) is 0 Å². The van der Waals surface area contributed by atoms with Crippen LogP contribution in [0.4, 0.5) is 0 Å². The number of nitrogens with zero attached hydrogens (tertiary/aromatic N) is 1. The molecule has 0 aromatic heterocycles. The van der Waals surface area contributed by atoms with Gasteiger partial charge in [0, 0.05) is 25.0 Å². The molecule has 0 aromatic rings. The third kappa shape index (κ3) is 5.07. The molecule has 1 rings (SSSR count). The molecule has 1 aliphatic rings. The highest BCUT2D eigenvalue weighted by molar-refractivity contribution is 5.78. The van der Waals surface area contributed by atoms with E-state index in [1.165, 1.54) is 12.8 Å². The second kappa shape index (κ2) is 7.00. The Kier molecular flexibility index (Phi) is 5.96. The first-order valence-corrected chi connectivity index (χ1v) is 7.05. The Balaban J connectivity index is 2.30. The van der Waals surface area contributed by atoms with E-state index in [2.05, 4.69) is 18.7 Å². The lowest BCUT2D eigenvalue weighted by Crippen LogP contribution is -2.41. The van der Waals surface area contributed by atoms with Crippen molar-refractivity contribution in [2.45, 2.75) is 58.9 Å². The summed E-state index contributed by atoms with van der Waals surface area (Å²) >= 11 is 0. The van der Waals surface area contributed by atoms with Crippen LogP contribution in [0.3, 0.4) is 0 Å². The highest BCUT2D eigenvalue weighted by Crippen LogP contribution is 2.19. The summed E-state index contributed by atoms with van der Waals surface area (Å²) in [6.07, 6.45) is 5.50. The van der Waals surface area contributed by atoms with Gasteiger partial charge in [-0.1, -0.05) is 20.3 Å². The predicted octanol–water partition coefficient (Wildman–Crippen LogP) is 2.40. The number of likely N-dealkylation sites (tertiary alicyclic amines) is 1. The largest absolute Gasteiger partial charge is 0.342 e. The van der Waals surface area contributed by atoms with E-state index >= 15 is 0 Å². The smallest absolute Gasteiger partial charge is 0.225 e. The second-order valence-electron chi connectivity index (χ2n) is 5.84. The van der Waals surface area contributed by atoms with E-state index in [9.17, 15) is 4.79 Å². The molecular formula is C14H28N2O. The van der Waals surface area contributed by atoms with Crippen LogP contribution in [0.5, 0.6) is 0 Å². The number of rotatable bonds is 5. The van der Waals surface area contributed by atoms with Gasteiger partial charge >= 0.3 is 0 Å². The summed E-state index contributed by atoms with van der Waals surface area (Å²) < 4.78 is 0. The summed E-state index contributed by atoms with van der Waals surface area (Å²) in [7, 11) is 0. The standard InChI is InChI=1S/C14H28N2O/c1-11-6-5-9-16(10-11)14(17)12(2)7-4-8-13(3)15/h11-13H,4-10,15H2,1-3H3. The lowest BCUT2D eigenvalue weighted by molar-refractivity contribution is -0.137. The van der Waals surface area contributed by atoms with Crippen molar-refractivity contribution in [2.75, 3.05) is 13.1 Å². The van der Waals surface area contributed by atoms with Crippen LogP contribution in [0, 0.1) is 11.8 Å². The van der Waals surface area contributed by atoms with Crippen molar-refractivity contribution in [1.82, 2.24) is 4.90 Å². The van der Waals surface area contributed by atoms with Crippen LogP contribution < -0.4 is 5.73 Å². The van der Waals surface area contributed by atoms with Crippen molar-refractivity contribution in [1.29, 1.82) is 0 Å². The van der Waals surface area contributed by atoms with Crippen LogP contribution in [0.2, 0.25) is 0 Å². The third-order valence-electron chi connectivity index (χ3n) is 3.69. The van der Waals surface area contributed by atoms with Crippen LogP contribution in [0.25, 0.3) is 0 Å². The molecule has 17 heavy (non-hydrogen) atoms. The lowest BCUT2D eigenvalue weighted by Gasteiger charge is -2.33. The van der Waals surface area contributed by atoms with Crippen LogP contribution in [0.1, 0.15) is 52.9 Å². The number of hydrogen-bond acceptors (Lipinski definition) is 2. The Labute approximate surface area is 106 Å². The summed E-state index contributed by atoms with van der Waals surface area (Å²) in [6, 6.07) is 0.257. The number of piperidine rings is 1. The van der Waals surface area contributed by atoms with Gasteiger partial charge in [-0.25, -0.2) is 0 Å². The molecule has 1 heterocycles. The van der Waals surface area contributed by atoms with Gasteiger partial charge in [-0.2, -0.15) is 0 Å². The maximum atomic E-state index is 12.2. The topological polar surface area (TPSA) is 46.3 Å². The van der Waals surface area contributed by atoms with Gasteiger partial charge in [0.1, 0.15) is 0 Å². The molecular weight excluding hydrogens is 212 g/mol. The van der Waals surface area contributed by atoms with Crippen LogP contribution in [-0.4, -0.2) is 29.9 Å². The first-order chi connectivity index (χ1) is 8.00. The fraction of sp³-hybridized carbons (Fsp3) is 0.929. The predicted molar refractivity (Wildman–Crippen MR) is 71.6 cm³/mol. The van der Waals surface area contributed by atoms with E-state index in [-0.39, 0.29) is 12.0 Å². The SMILES string of the molecule is CC(N)CCCC(C)C(=O)N1CCCC(C)C1. The second-order valence-corrected chi connectivity index (χ2v) is 5.84. The summed E-state index contributed by atoms with van der Waals surface area (Å²) in [5, 5.41) is 0. The molecule has 3 heteroatoms. The van der Waals surface area contributed by atoms with Crippen LogP contribution >= 0.6 is 0 Å². The number of nitrogens with two attached hydrogens (primary N) is 1. The normalized spacial score (nSPS) is 24.5. The molecule has 1 fully saturated rings. The van der Waals surface area contributed by atoms with Gasteiger partial charge in [0.2, 0.25) is 5.91 Å². The van der Waals surface area contributed by atoms with E-state index < -0.39 is 0 Å². The lowest BCUT2D eigenvalue weighted by atomic mass is 9.96. The van der Waals surface area contributed by atoms with E-state index in [4.69, 9.17) is 5.73 Å². The molecule has 0 saturated carbocycles. The third-order valence-corrected chi connectivity index (χ3v) is 3.69. The van der Waals surface area contributed by atoms with Crippen LogP contribution in [-0.2, 0) is 4.79 Å².